The fraction of sp³-hybridized carbons (Fsp3) is 0.222. The molecule has 1 fully saturated rings. The van der Waals surface area contributed by atoms with Crippen molar-refractivity contribution in [1.29, 1.82) is 0 Å². The van der Waals surface area contributed by atoms with E-state index in [4.69, 9.17) is 4.42 Å². The summed E-state index contributed by atoms with van der Waals surface area (Å²) in [5.41, 5.74) is 0.859. The van der Waals surface area contributed by atoms with Gasteiger partial charge in [0.2, 0.25) is 0 Å². The minimum absolute atomic E-state index is 0.0648. The number of tetrazole rings is 1. The Morgan fingerprint density at radius 3 is 2.71 bits per heavy atom. The van der Waals surface area contributed by atoms with Crippen LogP contribution in [-0.4, -0.2) is 52.1 Å². The number of amides is 1. The first-order valence-corrected chi connectivity index (χ1v) is 10.4. The first-order chi connectivity index (χ1) is 13.5. The van der Waals surface area contributed by atoms with E-state index in [1.54, 1.807) is 12.1 Å². The molecule has 0 bridgehead atoms. The van der Waals surface area contributed by atoms with Gasteiger partial charge in [0.05, 0.1) is 17.8 Å². The fourth-order valence-corrected chi connectivity index (χ4v) is 4.69. The van der Waals surface area contributed by atoms with Crippen LogP contribution < -0.4 is 5.32 Å². The number of carbonyl (C=O) groups is 1. The van der Waals surface area contributed by atoms with Gasteiger partial charge in [-0.05, 0) is 29.0 Å². The molecular formula is C18H17N5O4S. The molecule has 4 rings (SSSR count). The van der Waals surface area contributed by atoms with Crippen LogP contribution in [-0.2, 0) is 14.6 Å². The summed E-state index contributed by atoms with van der Waals surface area (Å²) in [7, 11) is -3.12. The van der Waals surface area contributed by atoms with Crippen molar-refractivity contribution in [2.75, 3.05) is 11.5 Å². The molecule has 1 amide bonds. The topological polar surface area (TPSA) is 120 Å². The average Bonchev–Trinajstić information content (AvgIpc) is 3.41. The molecule has 1 N–H and O–H groups in total. The van der Waals surface area contributed by atoms with Gasteiger partial charge in [-0.3, -0.25) is 4.79 Å². The van der Waals surface area contributed by atoms with Crippen molar-refractivity contribution in [3.05, 3.63) is 54.5 Å². The van der Waals surface area contributed by atoms with Gasteiger partial charge in [0.1, 0.15) is 11.5 Å². The predicted molar refractivity (Wildman–Crippen MR) is 101 cm³/mol. The summed E-state index contributed by atoms with van der Waals surface area (Å²) in [6.07, 6.45) is 3.38. The highest BCUT2D eigenvalue weighted by atomic mass is 32.2. The van der Waals surface area contributed by atoms with Crippen molar-refractivity contribution in [3.63, 3.8) is 0 Å². The summed E-state index contributed by atoms with van der Waals surface area (Å²) < 4.78 is 30.0. The summed E-state index contributed by atoms with van der Waals surface area (Å²) in [5.74, 6) is 0.331. The number of hydrogen-bond acceptors (Lipinski definition) is 7. The normalized spacial score (nSPS) is 18.9. The maximum absolute atomic E-state index is 13.0. The second kappa shape index (κ2) is 7.39. The first kappa shape index (κ1) is 18.1. The molecule has 1 aliphatic rings. The Kier molecular flexibility index (Phi) is 4.78. The zero-order valence-corrected chi connectivity index (χ0v) is 15.5. The van der Waals surface area contributed by atoms with Crippen molar-refractivity contribution in [2.45, 2.75) is 12.5 Å². The number of rotatable bonds is 5. The van der Waals surface area contributed by atoms with Crippen LogP contribution in [0.4, 0.5) is 0 Å². The Morgan fingerprint density at radius 2 is 2.04 bits per heavy atom. The van der Waals surface area contributed by atoms with Gasteiger partial charge in [-0.25, -0.2) is 8.42 Å². The van der Waals surface area contributed by atoms with E-state index in [1.165, 1.54) is 17.0 Å². The van der Waals surface area contributed by atoms with E-state index in [1.807, 2.05) is 30.3 Å². The third-order valence-electron chi connectivity index (χ3n) is 4.35. The van der Waals surface area contributed by atoms with E-state index in [-0.39, 0.29) is 17.2 Å². The van der Waals surface area contributed by atoms with Crippen molar-refractivity contribution in [3.8, 4) is 11.4 Å². The molecule has 10 heteroatoms. The Labute approximate surface area is 161 Å². The lowest BCUT2D eigenvalue weighted by molar-refractivity contribution is -0.116. The van der Waals surface area contributed by atoms with Crippen LogP contribution in [0.5, 0.6) is 0 Å². The van der Waals surface area contributed by atoms with Crippen LogP contribution in [0.25, 0.3) is 23.2 Å². The van der Waals surface area contributed by atoms with E-state index in [0.717, 1.165) is 5.56 Å². The van der Waals surface area contributed by atoms with Gasteiger partial charge < -0.3 is 9.73 Å². The van der Waals surface area contributed by atoms with Crippen molar-refractivity contribution in [1.82, 2.24) is 25.5 Å². The van der Waals surface area contributed by atoms with Crippen LogP contribution in [0.2, 0.25) is 0 Å². The molecule has 1 unspecified atom stereocenters. The second-order valence-corrected chi connectivity index (χ2v) is 8.63. The van der Waals surface area contributed by atoms with Gasteiger partial charge >= 0.3 is 0 Å². The zero-order valence-electron chi connectivity index (χ0n) is 14.7. The van der Waals surface area contributed by atoms with Gasteiger partial charge in [-0.1, -0.05) is 30.3 Å². The first-order valence-electron chi connectivity index (χ1n) is 8.62. The lowest BCUT2D eigenvalue weighted by Crippen LogP contribution is -2.37. The summed E-state index contributed by atoms with van der Waals surface area (Å²) in [6, 6.07) is 12.1. The number of furan rings is 1. The number of hydrogen-bond donors (Lipinski definition) is 1. The highest BCUT2D eigenvalue weighted by Gasteiger charge is 2.30. The lowest BCUT2D eigenvalue weighted by Gasteiger charge is -2.14. The molecule has 2 aromatic heterocycles. The second-order valence-electron chi connectivity index (χ2n) is 6.40. The Bertz CT molecular complexity index is 1100. The number of nitrogens with zero attached hydrogens (tertiary/aromatic N) is 4. The summed E-state index contributed by atoms with van der Waals surface area (Å²) in [5, 5.41) is 14.5. The standard InChI is InChI=1S/C18H17N5O4S/c24-18(19-14-8-10-28(25,26)12-14)16(11-15-7-4-9-27-15)23-17(20-21-22-23)13-5-2-1-3-6-13/h1-7,9,11,14H,8,10,12H2,(H,19,24)/b16-11-. The molecule has 1 aromatic carbocycles. The van der Waals surface area contributed by atoms with E-state index >= 15 is 0 Å². The number of carbonyl (C=O) groups excluding carboxylic acids is 1. The minimum Gasteiger partial charge on any atom is -0.465 e. The summed E-state index contributed by atoms with van der Waals surface area (Å²) in [4.78, 5) is 13.0. The van der Waals surface area contributed by atoms with E-state index < -0.39 is 21.8 Å². The molecular weight excluding hydrogens is 382 g/mol. The Balaban J connectivity index is 1.70. The van der Waals surface area contributed by atoms with Gasteiger partial charge in [0.15, 0.2) is 15.7 Å². The van der Waals surface area contributed by atoms with Crippen molar-refractivity contribution in [2.24, 2.45) is 0 Å². The molecule has 0 radical (unpaired) electrons. The Morgan fingerprint density at radius 1 is 1.21 bits per heavy atom. The predicted octanol–water partition coefficient (Wildman–Crippen LogP) is 1.23. The average molecular weight is 399 g/mol. The van der Waals surface area contributed by atoms with Crippen LogP contribution in [0.1, 0.15) is 12.2 Å². The highest BCUT2D eigenvalue weighted by molar-refractivity contribution is 7.91. The maximum atomic E-state index is 13.0. The molecule has 0 aliphatic carbocycles. The Hall–Kier alpha value is -3.27. The lowest BCUT2D eigenvalue weighted by atomic mass is 10.2. The number of nitrogens with one attached hydrogen (secondary N) is 1. The number of aromatic nitrogens is 4. The van der Waals surface area contributed by atoms with Gasteiger partial charge in [0.25, 0.3) is 5.91 Å². The van der Waals surface area contributed by atoms with Crippen LogP contribution in [0.15, 0.2) is 53.1 Å². The monoisotopic (exact) mass is 399 g/mol. The SMILES string of the molecule is O=C(NC1CCS(=O)(=O)C1)/C(=C/c1ccco1)n1nnnc1-c1ccccc1. The van der Waals surface area contributed by atoms with E-state index in [9.17, 15) is 13.2 Å². The molecule has 0 spiro atoms. The van der Waals surface area contributed by atoms with Crippen molar-refractivity contribution >= 4 is 27.5 Å². The van der Waals surface area contributed by atoms with Crippen LogP contribution >= 0.6 is 0 Å². The van der Waals surface area contributed by atoms with Crippen LogP contribution in [0, 0.1) is 0 Å². The molecule has 0 saturated carbocycles. The van der Waals surface area contributed by atoms with Crippen LogP contribution in [0.3, 0.4) is 0 Å². The van der Waals surface area contributed by atoms with Gasteiger partial charge in [-0.15, -0.1) is 5.10 Å². The smallest absolute Gasteiger partial charge is 0.270 e. The maximum Gasteiger partial charge on any atom is 0.270 e. The molecule has 3 aromatic rings. The molecule has 3 heterocycles. The number of benzene rings is 1. The fourth-order valence-electron chi connectivity index (χ4n) is 3.02. The summed E-state index contributed by atoms with van der Waals surface area (Å²) in [6.45, 7) is 0. The third kappa shape index (κ3) is 3.86. The molecule has 1 atom stereocenters. The van der Waals surface area contributed by atoms with E-state index in [2.05, 4.69) is 20.8 Å². The van der Waals surface area contributed by atoms with Gasteiger partial charge in [0, 0.05) is 17.7 Å². The zero-order chi connectivity index (χ0) is 19.6. The third-order valence-corrected chi connectivity index (χ3v) is 6.12. The van der Waals surface area contributed by atoms with Gasteiger partial charge in [-0.2, -0.15) is 4.68 Å². The summed E-state index contributed by atoms with van der Waals surface area (Å²) >= 11 is 0. The van der Waals surface area contributed by atoms with E-state index in [0.29, 0.717) is 18.0 Å². The molecule has 1 saturated heterocycles. The van der Waals surface area contributed by atoms with Crippen molar-refractivity contribution < 1.29 is 17.6 Å². The number of sulfone groups is 1. The molecule has 28 heavy (non-hydrogen) atoms. The molecule has 9 nitrogen and oxygen atoms in total. The molecule has 144 valence electrons. The molecule has 1 aliphatic heterocycles. The quantitative estimate of drug-likeness (QED) is 0.641. The largest absolute Gasteiger partial charge is 0.465 e. The highest BCUT2D eigenvalue weighted by Crippen LogP contribution is 2.21. The minimum atomic E-state index is -3.12.